The van der Waals surface area contributed by atoms with Crippen molar-refractivity contribution in [1.29, 1.82) is 0 Å². The van der Waals surface area contributed by atoms with Crippen molar-refractivity contribution >= 4 is 6.09 Å². The maximum atomic E-state index is 10.5. The lowest BCUT2D eigenvalue weighted by atomic mass is 9.93. The van der Waals surface area contributed by atoms with Gasteiger partial charge in [0.15, 0.2) is 0 Å². The second-order valence-corrected chi connectivity index (χ2v) is 3.24. The summed E-state index contributed by atoms with van der Waals surface area (Å²) in [6, 6.07) is 0. The molecule has 1 saturated heterocycles. The molecule has 1 unspecified atom stereocenters. The zero-order valence-electron chi connectivity index (χ0n) is 6.86. The number of likely N-dealkylation sites (tertiary alicyclic amines) is 1. The van der Waals surface area contributed by atoms with Crippen molar-refractivity contribution in [2.24, 2.45) is 5.73 Å². The molecule has 1 fully saturated rings. The summed E-state index contributed by atoms with van der Waals surface area (Å²) in [5, 5.41) is 18.3. The van der Waals surface area contributed by atoms with Gasteiger partial charge in [0.1, 0.15) is 0 Å². The molecule has 0 spiro atoms. The van der Waals surface area contributed by atoms with Crippen LogP contribution in [0.5, 0.6) is 0 Å². The van der Waals surface area contributed by atoms with E-state index in [1.54, 1.807) is 0 Å². The summed E-state index contributed by atoms with van der Waals surface area (Å²) in [6.07, 6.45) is 0.286. The molecule has 0 aromatic rings. The van der Waals surface area contributed by atoms with Crippen LogP contribution in [0.3, 0.4) is 0 Å². The van der Waals surface area contributed by atoms with Gasteiger partial charge in [0.2, 0.25) is 0 Å². The van der Waals surface area contributed by atoms with Crippen LogP contribution in [0.15, 0.2) is 0 Å². The topological polar surface area (TPSA) is 86.8 Å². The number of aliphatic hydroxyl groups is 1. The Morgan fingerprint density at radius 1 is 1.67 bits per heavy atom. The molecule has 1 amide bonds. The monoisotopic (exact) mass is 174 g/mol. The summed E-state index contributed by atoms with van der Waals surface area (Å²) < 4.78 is 0. The van der Waals surface area contributed by atoms with Crippen molar-refractivity contribution in [3.05, 3.63) is 0 Å². The molecule has 0 aliphatic carbocycles. The third kappa shape index (κ3) is 1.86. The molecular weight excluding hydrogens is 160 g/mol. The number of carbonyl (C=O) groups is 1. The third-order valence-electron chi connectivity index (χ3n) is 2.21. The molecule has 1 rings (SSSR count). The average molecular weight is 174 g/mol. The molecule has 0 saturated carbocycles. The second-order valence-electron chi connectivity index (χ2n) is 3.24. The summed E-state index contributed by atoms with van der Waals surface area (Å²) in [6.45, 7) is 0.757. The molecule has 0 aromatic heterocycles. The van der Waals surface area contributed by atoms with Crippen LogP contribution in [0.25, 0.3) is 0 Å². The van der Waals surface area contributed by atoms with Gasteiger partial charge in [-0.2, -0.15) is 0 Å². The molecule has 5 nitrogen and oxygen atoms in total. The highest BCUT2D eigenvalue weighted by atomic mass is 16.4. The Labute approximate surface area is 70.8 Å². The second kappa shape index (κ2) is 3.28. The maximum Gasteiger partial charge on any atom is 0.407 e. The Bertz CT molecular complexity index is 185. The van der Waals surface area contributed by atoms with Crippen LogP contribution in [-0.2, 0) is 0 Å². The quantitative estimate of drug-likeness (QED) is 0.497. The molecule has 12 heavy (non-hydrogen) atoms. The van der Waals surface area contributed by atoms with Crippen LogP contribution >= 0.6 is 0 Å². The van der Waals surface area contributed by atoms with Gasteiger partial charge in [-0.15, -0.1) is 0 Å². The van der Waals surface area contributed by atoms with Crippen molar-refractivity contribution in [3.63, 3.8) is 0 Å². The van der Waals surface area contributed by atoms with Gasteiger partial charge in [0.05, 0.1) is 12.1 Å². The minimum atomic E-state index is -1.00. The number of rotatable bonds is 1. The van der Waals surface area contributed by atoms with E-state index < -0.39 is 11.7 Å². The number of nitrogens with zero attached hydrogens (tertiary/aromatic N) is 1. The Kier molecular flexibility index (Phi) is 2.54. The van der Waals surface area contributed by atoms with Gasteiger partial charge in [-0.05, 0) is 12.8 Å². The minimum Gasteiger partial charge on any atom is -0.465 e. The highest BCUT2D eigenvalue weighted by molar-refractivity contribution is 5.65. The van der Waals surface area contributed by atoms with Gasteiger partial charge in [-0.1, -0.05) is 0 Å². The first kappa shape index (κ1) is 9.28. The fourth-order valence-corrected chi connectivity index (χ4v) is 1.44. The molecular formula is C7H14N2O3. The van der Waals surface area contributed by atoms with Crippen molar-refractivity contribution in [2.75, 3.05) is 19.6 Å². The van der Waals surface area contributed by atoms with Crippen molar-refractivity contribution in [2.45, 2.75) is 18.4 Å². The van der Waals surface area contributed by atoms with Gasteiger partial charge in [-0.25, -0.2) is 4.79 Å². The van der Waals surface area contributed by atoms with Crippen LogP contribution in [0.2, 0.25) is 0 Å². The predicted octanol–water partition coefficient (Wildman–Crippen LogP) is -0.550. The Balaban J connectivity index is 2.57. The Morgan fingerprint density at radius 3 is 2.83 bits per heavy atom. The van der Waals surface area contributed by atoms with Gasteiger partial charge in [0, 0.05) is 13.1 Å². The van der Waals surface area contributed by atoms with Crippen LogP contribution in [0.1, 0.15) is 12.8 Å². The van der Waals surface area contributed by atoms with E-state index in [0.29, 0.717) is 19.4 Å². The van der Waals surface area contributed by atoms with Crippen LogP contribution in [-0.4, -0.2) is 46.4 Å². The summed E-state index contributed by atoms with van der Waals surface area (Å²) in [5.74, 6) is 0. The first-order valence-corrected chi connectivity index (χ1v) is 3.98. The minimum absolute atomic E-state index is 0.122. The maximum absolute atomic E-state index is 10.5. The third-order valence-corrected chi connectivity index (χ3v) is 2.21. The Hall–Kier alpha value is -0.810. The van der Waals surface area contributed by atoms with E-state index in [-0.39, 0.29) is 13.1 Å². The van der Waals surface area contributed by atoms with Crippen molar-refractivity contribution in [1.82, 2.24) is 4.90 Å². The molecule has 70 valence electrons. The number of β-amino-alcohol motifs (C(OH)–C–C–N with tert-alkyl or cyclic N) is 1. The molecule has 1 aliphatic rings. The number of nitrogens with two attached hydrogens (primary N) is 1. The standard InChI is InChI=1S/C7H14N2O3/c8-4-7(12)2-1-3-9(5-7)6(10)11/h12H,1-5,8H2,(H,10,11). The SMILES string of the molecule is NCC1(O)CCCN(C(=O)O)C1. The normalized spacial score (nSPS) is 30.3. The summed E-state index contributed by atoms with van der Waals surface area (Å²) in [7, 11) is 0. The van der Waals surface area contributed by atoms with Crippen molar-refractivity contribution < 1.29 is 15.0 Å². The number of piperidine rings is 1. The molecule has 1 heterocycles. The van der Waals surface area contributed by atoms with Crippen molar-refractivity contribution in [3.8, 4) is 0 Å². The summed E-state index contributed by atoms with van der Waals surface area (Å²) in [5.41, 5.74) is 4.33. The lowest BCUT2D eigenvalue weighted by Gasteiger charge is -2.36. The fourth-order valence-electron chi connectivity index (χ4n) is 1.44. The largest absolute Gasteiger partial charge is 0.465 e. The lowest BCUT2D eigenvalue weighted by molar-refractivity contribution is -0.0177. The van der Waals surface area contributed by atoms with E-state index in [2.05, 4.69) is 0 Å². The first-order valence-electron chi connectivity index (χ1n) is 3.98. The molecule has 4 N–H and O–H groups in total. The van der Waals surface area contributed by atoms with Gasteiger partial charge in [-0.3, -0.25) is 0 Å². The molecule has 1 aliphatic heterocycles. The fraction of sp³-hybridized carbons (Fsp3) is 0.857. The number of hydrogen-bond donors (Lipinski definition) is 3. The van der Waals surface area contributed by atoms with Gasteiger partial charge < -0.3 is 20.8 Å². The molecule has 0 bridgehead atoms. The van der Waals surface area contributed by atoms with E-state index >= 15 is 0 Å². The van der Waals surface area contributed by atoms with E-state index in [4.69, 9.17) is 10.8 Å². The van der Waals surface area contributed by atoms with E-state index in [1.165, 1.54) is 4.90 Å². The zero-order valence-corrected chi connectivity index (χ0v) is 6.86. The number of amides is 1. The van der Waals surface area contributed by atoms with Crippen LogP contribution < -0.4 is 5.73 Å². The van der Waals surface area contributed by atoms with E-state index in [0.717, 1.165) is 0 Å². The molecule has 0 aromatic carbocycles. The van der Waals surface area contributed by atoms with Crippen LogP contribution in [0, 0.1) is 0 Å². The zero-order chi connectivity index (χ0) is 9.19. The van der Waals surface area contributed by atoms with Crippen LogP contribution in [0.4, 0.5) is 4.79 Å². The molecule has 0 radical (unpaired) electrons. The summed E-state index contributed by atoms with van der Waals surface area (Å²) >= 11 is 0. The average Bonchev–Trinajstić information content (AvgIpc) is 2.05. The number of carboxylic acid groups (broad SMARTS) is 1. The van der Waals surface area contributed by atoms with E-state index in [1.807, 2.05) is 0 Å². The number of hydrogen-bond acceptors (Lipinski definition) is 3. The Morgan fingerprint density at radius 2 is 2.33 bits per heavy atom. The molecule has 1 atom stereocenters. The first-order chi connectivity index (χ1) is 5.57. The van der Waals surface area contributed by atoms with Gasteiger partial charge in [0.25, 0.3) is 0 Å². The van der Waals surface area contributed by atoms with E-state index in [9.17, 15) is 9.90 Å². The summed E-state index contributed by atoms with van der Waals surface area (Å²) in [4.78, 5) is 11.7. The predicted molar refractivity (Wildman–Crippen MR) is 42.8 cm³/mol. The van der Waals surface area contributed by atoms with Gasteiger partial charge >= 0.3 is 6.09 Å². The highest BCUT2D eigenvalue weighted by Crippen LogP contribution is 2.19. The lowest BCUT2D eigenvalue weighted by Crippen LogP contribution is -2.53. The molecule has 5 heteroatoms. The smallest absolute Gasteiger partial charge is 0.407 e. The highest BCUT2D eigenvalue weighted by Gasteiger charge is 2.33.